The van der Waals surface area contributed by atoms with Gasteiger partial charge < -0.3 is 5.32 Å². The highest BCUT2D eigenvalue weighted by Gasteiger charge is 2.22. The summed E-state index contributed by atoms with van der Waals surface area (Å²) in [6.07, 6.45) is 1.07. The van der Waals surface area contributed by atoms with Gasteiger partial charge in [0.25, 0.3) is 0 Å². The van der Waals surface area contributed by atoms with Crippen LogP contribution >= 0.6 is 11.6 Å². The first kappa shape index (κ1) is 18.8. The molecule has 0 saturated heterocycles. The fourth-order valence-corrected chi connectivity index (χ4v) is 2.76. The van der Waals surface area contributed by atoms with Gasteiger partial charge in [0, 0.05) is 11.1 Å². The summed E-state index contributed by atoms with van der Waals surface area (Å²) in [5, 5.41) is 3.26. The van der Waals surface area contributed by atoms with E-state index in [4.69, 9.17) is 11.6 Å². The van der Waals surface area contributed by atoms with Crippen molar-refractivity contribution in [3.63, 3.8) is 0 Å². The number of aryl methyl sites for hydroxylation is 1. The second kappa shape index (κ2) is 7.33. The van der Waals surface area contributed by atoms with Crippen LogP contribution in [0.2, 0.25) is 5.02 Å². The summed E-state index contributed by atoms with van der Waals surface area (Å²) < 4.78 is 25.0. The Labute approximate surface area is 137 Å². The van der Waals surface area contributed by atoms with E-state index in [2.05, 4.69) is 5.32 Å². The minimum atomic E-state index is -3.58. The van der Waals surface area contributed by atoms with Gasteiger partial charge in [-0.3, -0.25) is 9.10 Å². The summed E-state index contributed by atoms with van der Waals surface area (Å²) in [5.74, 6) is -0.0761. The third-order valence-corrected chi connectivity index (χ3v) is 5.07. The van der Waals surface area contributed by atoms with Crippen molar-refractivity contribution in [3.8, 4) is 0 Å². The number of halogens is 1. The molecule has 22 heavy (non-hydrogen) atoms. The van der Waals surface area contributed by atoms with Crippen molar-refractivity contribution in [2.75, 3.05) is 17.1 Å². The maximum atomic E-state index is 12.1. The van der Waals surface area contributed by atoms with Crippen molar-refractivity contribution in [1.82, 2.24) is 5.32 Å². The van der Waals surface area contributed by atoms with E-state index in [0.717, 1.165) is 16.1 Å². The van der Waals surface area contributed by atoms with Crippen molar-refractivity contribution in [2.45, 2.75) is 33.7 Å². The normalized spacial score (nSPS) is 13.0. The molecule has 0 heterocycles. The van der Waals surface area contributed by atoms with E-state index in [-0.39, 0.29) is 24.4 Å². The van der Waals surface area contributed by atoms with E-state index in [0.29, 0.717) is 10.7 Å². The smallest absolute Gasteiger partial charge is 0.240 e. The maximum absolute atomic E-state index is 12.1. The molecular weight excluding hydrogens is 324 g/mol. The highest BCUT2D eigenvalue weighted by atomic mass is 35.5. The summed E-state index contributed by atoms with van der Waals surface area (Å²) in [6.45, 7) is 7.41. The van der Waals surface area contributed by atoms with Gasteiger partial charge in [-0.1, -0.05) is 31.5 Å². The molecule has 0 unspecified atom stereocenters. The van der Waals surface area contributed by atoms with Crippen LogP contribution < -0.4 is 9.62 Å². The molecule has 1 N–H and O–H groups in total. The Morgan fingerprint density at radius 2 is 1.91 bits per heavy atom. The van der Waals surface area contributed by atoms with E-state index in [1.807, 2.05) is 27.7 Å². The molecule has 124 valence electrons. The SMILES string of the molecule is Cc1ccc(N(CC(=O)N[C@H](C)C(C)C)S(C)(=O)=O)cc1Cl. The molecule has 0 aliphatic heterocycles. The first-order valence-electron chi connectivity index (χ1n) is 7.05. The first-order chi connectivity index (χ1) is 10.0. The zero-order valence-corrected chi connectivity index (χ0v) is 15.1. The van der Waals surface area contributed by atoms with E-state index >= 15 is 0 Å². The fraction of sp³-hybridized carbons (Fsp3) is 0.533. The lowest BCUT2D eigenvalue weighted by Crippen LogP contribution is -2.44. The molecule has 7 heteroatoms. The van der Waals surface area contributed by atoms with Crippen molar-refractivity contribution in [3.05, 3.63) is 28.8 Å². The molecule has 0 saturated carbocycles. The molecule has 1 aromatic carbocycles. The van der Waals surface area contributed by atoms with Crippen molar-refractivity contribution < 1.29 is 13.2 Å². The molecule has 0 aliphatic rings. The van der Waals surface area contributed by atoms with Crippen molar-refractivity contribution >= 4 is 33.2 Å². The van der Waals surface area contributed by atoms with Gasteiger partial charge in [-0.25, -0.2) is 8.42 Å². The lowest BCUT2D eigenvalue weighted by molar-refractivity contribution is -0.120. The molecule has 1 aromatic rings. The fourth-order valence-electron chi connectivity index (χ4n) is 1.73. The molecule has 0 fully saturated rings. The highest BCUT2D eigenvalue weighted by Crippen LogP contribution is 2.24. The average Bonchev–Trinajstić information content (AvgIpc) is 2.38. The van der Waals surface area contributed by atoms with Crippen LogP contribution in [0.15, 0.2) is 18.2 Å². The van der Waals surface area contributed by atoms with Crippen LogP contribution in [0.25, 0.3) is 0 Å². The molecule has 5 nitrogen and oxygen atoms in total. The van der Waals surface area contributed by atoms with Crippen LogP contribution in [0.3, 0.4) is 0 Å². The van der Waals surface area contributed by atoms with Gasteiger partial charge in [-0.15, -0.1) is 0 Å². The summed E-state index contributed by atoms with van der Waals surface area (Å²) in [6, 6.07) is 4.89. The molecule has 1 rings (SSSR count). The van der Waals surface area contributed by atoms with E-state index < -0.39 is 10.0 Å². The quantitative estimate of drug-likeness (QED) is 0.860. The zero-order valence-electron chi connectivity index (χ0n) is 13.6. The molecule has 1 amide bonds. The number of hydrogen-bond donors (Lipinski definition) is 1. The minimum Gasteiger partial charge on any atom is -0.352 e. The summed E-state index contributed by atoms with van der Waals surface area (Å²) in [5.41, 5.74) is 1.22. The van der Waals surface area contributed by atoms with Gasteiger partial charge >= 0.3 is 0 Å². The molecule has 0 aromatic heterocycles. The number of rotatable bonds is 6. The predicted molar refractivity (Wildman–Crippen MR) is 90.8 cm³/mol. The standard InChI is InChI=1S/C15H23ClN2O3S/c1-10(2)12(4)17-15(19)9-18(22(5,20)21)13-7-6-11(3)14(16)8-13/h6-8,10,12H,9H2,1-5H3,(H,17,19)/t12-/m1/s1. The van der Waals surface area contributed by atoms with Crippen LogP contribution in [0.1, 0.15) is 26.3 Å². The number of sulfonamides is 1. The van der Waals surface area contributed by atoms with Gasteiger partial charge in [-0.05, 0) is 37.5 Å². The van der Waals surface area contributed by atoms with E-state index in [9.17, 15) is 13.2 Å². The number of hydrogen-bond acceptors (Lipinski definition) is 3. The van der Waals surface area contributed by atoms with Crippen molar-refractivity contribution in [1.29, 1.82) is 0 Å². The third-order valence-electron chi connectivity index (χ3n) is 3.52. The van der Waals surface area contributed by atoms with Gasteiger partial charge in [0.2, 0.25) is 15.9 Å². The van der Waals surface area contributed by atoms with Crippen LogP contribution in [0.5, 0.6) is 0 Å². The maximum Gasteiger partial charge on any atom is 0.240 e. The largest absolute Gasteiger partial charge is 0.352 e. The Morgan fingerprint density at radius 1 is 1.32 bits per heavy atom. The first-order valence-corrected chi connectivity index (χ1v) is 9.28. The highest BCUT2D eigenvalue weighted by molar-refractivity contribution is 7.92. The van der Waals surface area contributed by atoms with Gasteiger partial charge in [0.05, 0.1) is 11.9 Å². The van der Waals surface area contributed by atoms with Crippen molar-refractivity contribution in [2.24, 2.45) is 5.92 Å². The Morgan fingerprint density at radius 3 is 2.36 bits per heavy atom. The number of carbonyl (C=O) groups excluding carboxylic acids is 1. The number of anilines is 1. The van der Waals surface area contributed by atoms with E-state index in [1.54, 1.807) is 18.2 Å². The lowest BCUT2D eigenvalue weighted by Gasteiger charge is -2.24. The Kier molecular flexibility index (Phi) is 6.26. The monoisotopic (exact) mass is 346 g/mol. The minimum absolute atomic E-state index is 0.0319. The summed E-state index contributed by atoms with van der Waals surface area (Å²) >= 11 is 6.05. The Balaban J connectivity index is 3.00. The van der Waals surface area contributed by atoms with Crippen LogP contribution in [0, 0.1) is 12.8 Å². The topological polar surface area (TPSA) is 66.5 Å². The molecule has 1 atom stereocenters. The zero-order chi connectivity index (χ0) is 17.1. The molecule has 0 bridgehead atoms. The second-order valence-electron chi connectivity index (χ2n) is 5.80. The van der Waals surface area contributed by atoms with Crippen LogP contribution in [-0.4, -0.2) is 33.2 Å². The third kappa shape index (κ3) is 5.18. The van der Waals surface area contributed by atoms with E-state index in [1.165, 1.54) is 0 Å². The predicted octanol–water partition coefficient (Wildman–Crippen LogP) is 2.58. The van der Waals surface area contributed by atoms with Gasteiger partial charge in [0.1, 0.15) is 6.54 Å². The number of benzene rings is 1. The average molecular weight is 347 g/mol. The molecule has 0 spiro atoms. The summed E-state index contributed by atoms with van der Waals surface area (Å²) in [7, 11) is -3.58. The number of nitrogens with zero attached hydrogens (tertiary/aromatic N) is 1. The van der Waals surface area contributed by atoms with Gasteiger partial charge in [0.15, 0.2) is 0 Å². The Hall–Kier alpha value is -1.27. The lowest BCUT2D eigenvalue weighted by atomic mass is 10.1. The second-order valence-corrected chi connectivity index (χ2v) is 8.12. The van der Waals surface area contributed by atoms with Gasteiger partial charge in [-0.2, -0.15) is 0 Å². The molecule has 0 aliphatic carbocycles. The van der Waals surface area contributed by atoms with Crippen LogP contribution in [0.4, 0.5) is 5.69 Å². The summed E-state index contributed by atoms with van der Waals surface area (Å²) in [4.78, 5) is 12.1. The number of nitrogens with one attached hydrogen (secondary N) is 1. The Bertz CT molecular complexity index is 644. The molecule has 0 radical (unpaired) electrons. The molecular formula is C15H23ClN2O3S. The number of carbonyl (C=O) groups is 1. The van der Waals surface area contributed by atoms with Crippen LogP contribution in [-0.2, 0) is 14.8 Å². The number of amides is 1.